The highest BCUT2D eigenvalue weighted by Crippen LogP contribution is 2.26. The zero-order valence-electron chi connectivity index (χ0n) is 11.0. The van der Waals surface area contributed by atoms with Gasteiger partial charge in [-0.3, -0.25) is 5.43 Å². The summed E-state index contributed by atoms with van der Waals surface area (Å²) in [4.78, 5) is 8.22. The number of rotatable bonds is 4. The van der Waals surface area contributed by atoms with Crippen LogP contribution in [0.4, 0.5) is 11.8 Å². The molecule has 0 saturated carbocycles. The largest absolute Gasteiger partial charge is 0.388 e. The molecule has 96 valence electrons. The third-order valence-corrected chi connectivity index (χ3v) is 3.06. The molecule has 0 saturated heterocycles. The molecule has 1 aromatic rings. The minimum atomic E-state index is -0.888. The molecular weight excluding hydrogens is 218 g/mol. The first-order valence-corrected chi connectivity index (χ1v) is 5.48. The minimum absolute atomic E-state index is 0.338. The van der Waals surface area contributed by atoms with Crippen LogP contribution in [0.5, 0.6) is 0 Å². The van der Waals surface area contributed by atoms with Crippen LogP contribution in [0, 0.1) is 6.92 Å². The number of aryl methyl sites for hydroxylation is 1. The molecule has 0 unspecified atom stereocenters. The molecule has 0 fully saturated rings. The molecule has 0 atom stereocenters. The number of nitrogens with two attached hydrogens (primary N) is 1. The van der Waals surface area contributed by atoms with Crippen molar-refractivity contribution in [2.45, 2.75) is 45.8 Å². The number of nitrogens with zero attached hydrogens (tertiary/aromatic N) is 2. The molecule has 0 aromatic carbocycles. The summed E-state index contributed by atoms with van der Waals surface area (Å²) >= 11 is 0. The molecule has 6 nitrogen and oxygen atoms in total. The fourth-order valence-corrected chi connectivity index (χ4v) is 1.09. The zero-order valence-corrected chi connectivity index (χ0v) is 11.0. The molecule has 17 heavy (non-hydrogen) atoms. The van der Waals surface area contributed by atoms with E-state index >= 15 is 0 Å². The topological polar surface area (TPSA) is 96.1 Å². The van der Waals surface area contributed by atoms with Gasteiger partial charge in [-0.15, -0.1) is 0 Å². The predicted octanol–water partition coefficient (Wildman–Crippen LogP) is 1.03. The lowest BCUT2D eigenvalue weighted by Gasteiger charge is -2.38. The van der Waals surface area contributed by atoms with Crippen LogP contribution in [0.25, 0.3) is 0 Å². The summed E-state index contributed by atoms with van der Waals surface area (Å²) in [6.07, 6.45) is 1.67. The van der Waals surface area contributed by atoms with Crippen LogP contribution in [0.1, 0.15) is 33.3 Å². The van der Waals surface area contributed by atoms with Gasteiger partial charge in [-0.2, -0.15) is 4.98 Å². The summed E-state index contributed by atoms with van der Waals surface area (Å²) in [5.74, 6) is 6.26. The second-order valence-electron chi connectivity index (χ2n) is 5.18. The molecule has 0 spiro atoms. The fraction of sp³-hybridized carbons (Fsp3) is 0.636. The van der Waals surface area contributed by atoms with E-state index < -0.39 is 11.1 Å². The van der Waals surface area contributed by atoms with Gasteiger partial charge in [0.05, 0.1) is 11.1 Å². The maximum atomic E-state index is 10.1. The number of nitrogens with one attached hydrogen (secondary N) is 2. The van der Waals surface area contributed by atoms with E-state index in [1.165, 1.54) is 0 Å². The predicted molar refractivity (Wildman–Crippen MR) is 68.6 cm³/mol. The highest BCUT2D eigenvalue weighted by molar-refractivity contribution is 5.48. The van der Waals surface area contributed by atoms with Crippen molar-refractivity contribution in [1.29, 1.82) is 0 Å². The summed E-state index contributed by atoms with van der Waals surface area (Å²) in [6, 6.07) is 0. The Balaban J connectivity index is 3.02. The van der Waals surface area contributed by atoms with E-state index in [4.69, 9.17) is 5.84 Å². The fourth-order valence-electron chi connectivity index (χ4n) is 1.09. The number of nitrogen functional groups attached to an aromatic ring is 1. The number of hydrazine groups is 1. The number of aromatic nitrogens is 2. The molecule has 1 aromatic heterocycles. The average molecular weight is 239 g/mol. The van der Waals surface area contributed by atoms with Gasteiger partial charge >= 0.3 is 0 Å². The first-order chi connectivity index (χ1) is 7.67. The lowest BCUT2D eigenvalue weighted by atomic mass is 9.86. The SMILES string of the molecule is Cc1cnc(NN)nc1NC(C)(C)C(C)(C)O. The van der Waals surface area contributed by atoms with E-state index in [1.807, 2.05) is 20.8 Å². The Labute approximate surface area is 102 Å². The third kappa shape index (κ3) is 3.04. The lowest BCUT2D eigenvalue weighted by Crippen LogP contribution is -2.51. The van der Waals surface area contributed by atoms with Crippen LogP contribution in [0.2, 0.25) is 0 Å². The molecule has 6 heteroatoms. The van der Waals surface area contributed by atoms with E-state index in [0.29, 0.717) is 11.8 Å². The van der Waals surface area contributed by atoms with Crippen LogP contribution < -0.4 is 16.6 Å². The van der Waals surface area contributed by atoms with Gasteiger partial charge in [-0.1, -0.05) is 0 Å². The molecular formula is C11H21N5O. The van der Waals surface area contributed by atoms with Crippen LogP contribution in [0.3, 0.4) is 0 Å². The molecule has 0 aliphatic rings. The van der Waals surface area contributed by atoms with Gasteiger partial charge in [-0.25, -0.2) is 10.8 Å². The summed E-state index contributed by atoms with van der Waals surface area (Å²) in [5, 5.41) is 13.3. The quantitative estimate of drug-likeness (QED) is 0.463. The van der Waals surface area contributed by atoms with Gasteiger partial charge < -0.3 is 10.4 Å². The molecule has 0 bridgehead atoms. The molecule has 0 aliphatic carbocycles. The summed E-state index contributed by atoms with van der Waals surface area (Å²) in [7, 11) is 0. The first-order valence-electron chi connectivity index (χ1n) is 5.48. The van der Waals surface area contributed by atoms with E-state index in [-0.39, 0.29) is 0 Å². The van der Waals surface area contributed by atoms with Gasteiger partial charge in [0.2, 0.25) is 5.95 Å². The second kappa shape index (κ2) is 4.46. The Kier molecular flexibility index (Phi) is 3.59. The first kappa shape index (κ1) is 13.7. The Morgan fingerprint density at radius 2 is 1.88 bits per heavy atom. The summed E-state index contributed by atoms with van der Waals surface area (Å²) in [6.45, 7) is 9.20. The normalized spacial score (nSPS) is 12.4. The average Bonchev–Trinajstić information content (AvgIpc) is 2.19. The number of hydrogen-bond donors (Lipinski definition) is 4. The van der Waals surface area contributed by atoms with Crippen molar-refractivity contribution >= 4 is 11.8 Å². The molecule has 1 rings (SSSR count). The smallest absolute Gasteiger partial charge is 0.239 e. The maximum absolute atomic E-state index is 10.1. The second-order valence-corrected chi connectivity index (χ2v) is 5.18. The third-order valence-electron chi connectivity index (χ3n) is 3.06. The van der Waals surface area contributed by atoms with Crippen molar-refractivity contribution < 1.29 is 5.11 Å². The van der Waals surface area contributed by atoms with Gasteiger partial charge in [0.1, 0.15) is 5.82 Å². The maximum Gasteiger partial charge on any atom is 0.239 e. The number of hydrogen-bond acceptors (Lipinski definition) is 6. The van der Waals surface area contributed by atoms with Crippen LogP contribution in [0.15, 0.2) is 6.20 Å². The van der Waals surface area contributed by atoms with Crippen molar-refractivity contribution in [2.75, 3.05) is 10.7 Å². The molecule has 1 heterocycles. The van der Waals surface area contributed by atoms with E-state index in [9.17, 15) is 5.11 Å². The highest BCUT2D eigenvalue weighted by Gasteiger charge is 2.35. The molecule has 0 aliphatic heterocycles. The van der Waals surface area contributed by atoms with E-state index in [1.54, 1.807) is 20.0 Å². The minimum Gasteiger partial charge on any atom is -0.388 e. The van der Waals surface area contributed by atoms with Gasteiger partial charge in [0.25, 0.3) is 0 Å². The van der Waals surface area contributed by atoms with Crippen molar-refractivity contribution in [3.63, 3.8) is 0 Å². The van der Waals surface area contributed by atoms with Crippen LogP contribution >= 0.6 is 0 Å². The Hall–Kier alpha value is -1.40. The number of aliphatic hydroxyl groups is 1. The summed E-state index contributed by atoms with van der Waals surface area (Å²) < 4.78 is 0. The van der Waals surface area contributed by atoms with Gasteiger partial charge in [0, 0.05) is 11.8 Å². The van der Waals surface area contributed by atoms with Crippen LogP contribution in [-0.4, -0.2) is 26.2 Å². The summed E-state index contributed by atoms with van der Waals surface area (Å²) in [5.41, 5.74) is 1.87. The number of anilines is 2. The Morgan fingerprint density at radius 3 is 2.35 bits per heavy atom. The Bertz CT molecular complexity index is 397. The molecule has 0 amide bonds. The standard InChI is InChI=1S/C11H21N5O/c1-7-6-13-9(16-12)14-8(7)15-10(2,3)11(4,5)17/h6,17H,12H2,1-5H3,(H2,13,14,15,16). The van der Waals surface area contributed by atoms with E-state index in [0.717, 1.165) is 5.56 Å². The Morgan fingerprint density at radius 1 is 1.29 bits per heavy atom. The molecule has 5 N–H and O–H groups in total. The molecule has 0 radical (unpaired) electrons. The van der Waals surface area contributed by atoms with Crippen molar-refractivity contribution in [3.8, 4) is 0 Å². The van der Waals surface area contributed by atoms with Crippen molar-refractivity contribution in [3.05, 3.63) is 11.8 Å². The zero-order chi connectivity index (χ0) is 13.3. The van der Waals surface area contributed by atoms with Crippen LogP contribution in [-0.2, 0) is 0 Å². The van der Waals surface area contributed by atoms with E-state index in [2.05, 4.69) is 20.7 Å². The van der Waals surface area contributed by atoms with Crippen molar-refractivity contribution in [1.82, 2.24) is 9.97 Å². The van der Waals surface area contributed by atoms with Crippen molar-refractivity contribution in [2.24, 2.45) is 5.84 Å². The van der Waals surface area contributed by atoms with Gasteiger partial charge in [0.15, 0.2) is 0 Å². The van der Waals surface area contributed by atoms with Gasteiger partial charge in [-0.05, 0) is 34.6 Å². The lowest BCUT2D eigenvalue weighted by molar-refractivity contribution is 0.0238. The monoisotopic (exact) mass is 239 g/mol. The highest BCUT2D eigenvalue weighted by atomic mass is 16.3.